The van der Waals surface area contributed by atoms with Gasteiger partial charge in [0.15, 0.2) is 6.61 Å². The first-order chi connectivity index (χ1) is 6.49. The molecule has 9 heteroatoms. The van der Waals surface area contributed by atoms with Crippen molar-refractivity contribution in [3.05, 3.63) is 0 Å². The lowest BCUT2D eigenvalue weighted by Crippen LogP contribution is -1.98. The van der Waals surface area contributed by atoms with Gasteiger partial charge >= 0.3 is 16.6 Å². The lowest BCUT2D eigenvalue weighted by Gasteiger charge is -1.85. The van der Waals surface area contributed by atoms with Crippen molar-refractivity contribution in [3.63, 3.8) is 0 Å². The van der Waals surface area contributed by atoms with Gasteiger partial charge in [0.25, 0.3) is 6.36 Å². The minimum Gasteiger partial charge on any atom is -0.427 e. The fourth-order valence-corrected chi connectivity index (χ4v) is 1.22. The summed E-state index contributed by atoms with van der Waals surface area (Å²) in [4.78, 5) is 9.77. The van der Waals surface area contributed by atoms with Gasteiger partial charge in [0.2, 0.25) is 0 Å². The summed E-state index contributed by atoms with van der Waals surface area (Å²) in [5.74, 6) is 0. The third kappa shape index (κ3) is 3.85. The van der Waals surface area contributed by atoms with E-state index in [-0.39, 0.29) is 19.8 Å². The maximum Gasteiger partial charge on any atom is 0.511 e. The van der Waals surface area contributed by atoms with Gasteiger partial charge in [-0.25, -0.2) is 13.2 Å². The summed E-state index contributed by atoms with van der Waals surface area (Å²) in [6.45, 7) is 0.0451. The summed E-state index contributed by atoms with van der Waals surface area (Å²) in [6, 6.07) is 0. The Morgan fingerprint density at radius 3 is 2.00 bits per heavy atom. The molecule has 0 aromatic carbocycles. The first kappa shape index (κ1) is 11.1. The smallest absolute Gasteiger partial charge is 0.427 e. The largest absolute Gasteiger partial charge is 0.511 e. The molecule has 0 N–H and O–H groups in total. The molecule has 82 valence electrons. The Labute approximate surface area is 79.0 Å². The molecule has 0 amide bonds. The molecular weight excluding hydrogens is 223 g/mol. The van der Waals surface area contributed by atoms with Crippen LogP contribution >= 0.6 is 0 Å². The average Bonchev–Trinajstić information content (AvgIpc) is 2.61. The van der Waals surface area contributed by atoms with Crippen molar-refractivity contribution in [1.29, 1.82) is 0 Å². The van der Waals surface area contributed by atoms with Gasteiger partial charge < -0.3 is 9.47 Å². The molecule has 1 atom stereocenters. The molecule has 2 saturated heterocycles. The average molecular weight is 230 g/mol. The van der Waals surface area contributed by atoms with Crippen LogP contribution < -0.4 is 0 Å². The zero-order valence-electron chi connectivity index (χ0n) is 6.84. The van der Waals surface area contributed by atoms with Crippen LogP contribution in [-0.2, 0) is 28.2 Å². The van der Waals surface area contributed by atoms with Crippen molar-refractivity contribution in [2.24, 2.45) is 0 Å². The fourth-order valence-electron chi connectivity index (χ4n) is 0.612. The number of alkyl halides is 1. The van der Waals surface area contributed by atoms with E-state index in [4.69, 9.17) is 0 Å². The minimum absolute atomic E-state index is 0.155. The van der Waals surface area contributed by atoms with Crippen LogP contribution in [0.4, 0.5) is 9.18 Å². The number of hydrogen-bond donors (Lipinski definition) is 0. The lowest BCUT2D eigenvalue weighted by atomic mass is 10.8. The maximum absolute atomic E-state index is 11.6. The molecule has 7 nitrogen and oxygen atoms in total. The molecule has 2 rings (SSSR count). The van der Waals surface area contributed by atoms with E-state index in [9.17, 15) is 17.6 Å². The molecule has 0 bridgehead atoms. The zero-order chi connectivity index (χ0) is 10.6. The van der Waals surface area contributed by atoms with Crippen molar-refractivity contribution in [1.82, 2.24) is 0 Å². The highest BCUT2D eigenvalue weighted by Gasteiger charge is 2.23. The van der Waals surface area contributed by atoms with Crippen LogP contribution in [0.1, 0.15) is 0 Å². The molecular formula is C5H7FO7S. The third-order valence-corrected chi connectivity index (χ3v) is 2.01. The van der Waals surface area contributed by atoms with E-state index in [2.05, 4.69) is 17.8 Å². The van der Waals surface area contributed by atoms with Gasteiger partial charge in [-0.2, -0.15) is 12.8 Å². The van der Waals surface area contributed by atoms with Crippen LogP contribution in [0.2, 0.25) is 0 Å². The highest BCUT2D eigenvalue weighted by atomic mass is 32.3. The summed E-state index contributed by atoms with van der Waals surface area (Å²) in [7, 11) is -3.55. The molecule has 2 aliphatic rings. The molecule has 2 aliphatic heterocycles. The van der Waals surface area contributed by atoms with Gasteiger partial charge in [0, 0.05) is 0 Å². The van der Waals surface area contributed by atoms with Gasteiger partial charge in [-0.1, -0.05) is 0 Å². The predicted molar refractivity (Wildman–Crippen MR) is 38.2 cm³/mol. The van der Waals surface area contributed by atoms with E-state index in [0.717, 1.165) is 0 Å². The van der Waals surface area contributed by atoms with Crippen molar-refractivity contribution in [2.45, 2.75) is 6.36 Å². The molecule has 0 aromatic heterocycles. The summed E-state index contributed by atoms with van der Waals surface area (Å²) < 4.78 is 47.6. The molecule has 2 heterocycles. The normalized spacial score (nSPS) is 28.6. The Morgan fingerprint density at radius 1 is 1.29 bits per heavy atom. The Kier molecular flexibility index (Phi) is 3.61. The Hall–Kier alpha value is -0.930. The minimum atomic E-state index is -3.55. The van der Waals surface area contributed by atoms with Gasteiger partial charge in [0.1, 0.15) is 0 Å². The number of carbonyl (C=O) groups is 1. The molecule has 0 aromatic rings. The third-order valence-electron chi connectivity index (χ3n) is 1.09. The standard InChI is InChI=1S/C3H3FO3.C2H4O4S/c4-2-1-6-3(5)7-2;3-7(4)5-1-2-6-7/h2H,1H2;1-2H2. The maximum atomic E-state index is 11.6. The van der Waals surface area contributed by atoms with Crippen molar-refractivity contribution in [2.75, 3.05) is 19.8 Å². The number of cyclic esters (lactones) is 2. The highest BCUT2D eigenvalue weighted by molar-refractivity contribution is 7.82. The number of halogens is 1. The van der Waals surface area contributed by atoms with Gasteiger partial charge in [-0.3, -0.25) is 0 Å². The zero-order valence-corrected chi connectivity index (χ0v) is 7.66. The van der Waals surface area contributed by atoms with E-state index < -0.39 is 22.9 Å². The molecule has 0 radical (unpaired) electrons. The number of carbonyl (C=O) groups excluding carboxylic acids is 1. The SMILES string of the molecule is O=C1OCC(F)O1.O=S1(=O)OCCO1. The Balaban J connectivity index is 0.000000140. The van der Waals surface area contributed by atoms with Gasteiger partial charge in [-0.15, -0.1) is 0 Å². The highest BCUT2D eigenvalue weighted by Crippen LogP contribution is 2.05. The molecule has 2 fully saturated rings. The second kappa shape index (κ2) is 4.53. The van der Waals surface area contributed by atoms with E-state index in [0.29, 0.717) is 0 Å². The van der Waals surface area contributed by atoms with Gasteiger partial charge in [0.05, 0.1) is 13.2 Å². The quantitative estimate of drug-likeness (QED) is 0.529. The molecule has 1 unspecified atom stereocenters. The molecule has 14 heavy (non-hydrogen) atoms. The van der Waals surface area contributed by atoms with Crippen molar-refractivity contribution < 1.29 is 35.4 Å². The molecule has 0 spiro atoms. The Bertz CT molecular complexity index is 287. The van der Waals surface area contributed by atoms with Crippen LogP contribution in [0.3, 0.4) is 0 Å². The van der Waals surface area contributed by atoms with E-state index in [1.807, 2.05) is 0 Å². The van der Waals surface area contributed by atoms with Crippen LogP contribution in [-0.4, -0.2) is 40.8 Å². The Morgan fingerprint density at radius 2 is 1.86 bits per heavy atom. The summed E-state index contributed by atoms with van der Waals surface area (Å²) >= 11 is 0. The second-order valence-corrected chi connectivity index (χ2v) is 3.43. The molecule has 0 aliphatic carbocycles. The summed E-state index contributed by atoms with van der Waals surface area (Å²) in [6.07, 6.45) is -2.47. The first-order valence-corrected chi connectivity index (χ1v) is 4.84. The molecule has 0 saturated carbocycles. The van der Waals surface area contributed by atoms with E-state index >= 15 is 0 Å². The number of rotatable bonds is 0. The predicted octanol–water partition coefficient (Wildman–Crippen LogP) is -0.273. The van der Waals surface area contributed by atoms with Crippen LogP contribution in [0.25, 0.3) is 0 Å². The van der Waals surface area contributed by atoms with E-state index in [1.165, 1.54) is 0 Å². The van der Waals surface area contributed by atoms with Gasteiger partial charge in [-0.05, 0) is 0 Å². The van der Waals surface area contributed by atoms with Crippen LogP contribution in [0.5, 0.6) is 0 Å². The second-order valence-electron chi connectivity index (χ2n) is 2.14. The first-order valence-electron chi connectivity index (χ1n) is 3.51. The lowest BCUT2D eigenvalue weighted by molar-refractivity contribution is 0.0572. The van der Waals surface area contributed by atoms with Crippen molar-refractivity contribution >= 4 is 16.6 Å². The summed E-state index contributed by atoms with van der Waals surface area (Å²) in [5.41, 5.74) is 0. The topological polar surface area (TPSA) is 88.1 Å². The summed E-state index contributed by atoms with van der Waals surface area (Å²) in [5, 5.41) is 0. The van der Waals surface area contributed by atoms with Crippen LogP contribution in [0.15, 0.2) is 0 Å². The van der Waals surface area contributed by atoms with E-state index in [1.54, 1.807) is 0 Å². The monoisotopic (exact) mass is 230 g/mol. The van der Waals surface area contributed by atoms with Crippen LogP contribution in [0, 0.1) is 0 Å². The van der Waals surface area contributed by atoms with Crippen molar-refractivity contribution in [3.8, 4) is 0 Å². The number of hydrogen-bond acceptors (Lipinski definition) is 7. The fraction of sp³-hybridized carbons (Fsp3) is 0.800. The number of ether oxygens (including phenoxy) is 2.